The Labute approximate surface area is 124 Å². The predicted octanol–water partition coefficient (Wildman–Crippen LogP) is 0.851. The Bertz CT molecular complexity index is 601. The number of nitrogens with zero attached hydrogens (tertiary/aromatic N) is 1. The molecule has 7 nitrogen and oxygen atoms in total. The third-order valence-electron chi connectivity index (χ3n) is 2.85. The minimum Gasteiger partial charge on any atom is -0.495 e. The van der Waals surface area contributed by atoms with E-state index in [1.807, 2.05) is 0 Å². The van der Waals surface area contributed by atoms with Gasteiger partial charge in [0.1, 0.15) is 5.75 Å². The molecule has 21 heavy (non-hydrogen) atoms. The van der Waals surface area contributed by atoms with E-state index in [2.05, 4.69) is 0 Å². The molecule has 0 saturated heterocycles. The quantitative estimate of drug-likeness (QED) is 0.591. The summed E-state index contributed by atoms with van der Waals surface area (Å²) in [5.74, 6) is -0.0306. The summed E-state index contributed by atoms with van der Waals surface area (Å²) in [4.78, 5) is 11.3. The van der Waals surface area contributed by atoms with E-state index in [1.165, 1.54) is 32.4 Å². The van der Waals surface area contributed by atoms with Crippen molar-refractivity contribution in [3.63, 3.8) is 0 Å². The van der Waals surface area contributed by atoms with Crippen LogP contribution < -0.4 is 10.5 Å². The van der Waals surface area contributed by atoms with Gasteiger partial charge < -0.3 is 15.2 Å². The smallest absolute Gasteiger partial charge is 0.307 e. The maximum absolute atomic E-state index is 12.3. The average Bonchev–Trinajstić information content (AvgIpc) is 2.44. The van der Waals surface area contributed by atoms with Crippen LogP contribution in [0.5, 0.6) is 5.75 Å². The van der Waals surface area contributed by atoms with Crippen molar-refractivity contribution in [2.45, 2.75) is 18.2 Å². The summed E-state index contributed by atoms with van der Waals surface area (Å²) < 4.78 is 35.5. The van der Waals surface area contributed by atoms with E-state index >= 15 is 0 Å². The Morgan fingerprint density at radius 1 is 1.38 bits per heavy atom. The number of rotatable bonds is 7. The van der Waals surface area contributed by atoms with Gasteiger partial charge in [-0.2, -0.15) is 0 Å². The molecular weight excluding hydrogens is 296 g/mol. The zero-order chi connectivity index (χ0) is 16.0. The first-order valence-electron chi connectivity index (χ1n) is 6.38. The minimum atomic E-state index is -3.71. The van der Waals surface area contributed by atoms with Crippen LogP contribution in [-0.4, -0.2) is 46.0 Å². The molecule has 1 aromatic carbocycles. The fourth-order valence-electron chi connectivity index (χ4n) is 1.65. The van der Waals surface area contributed by atoms with Gasteiger partial charge in [-0.05, 0) is 25.1 Å². The molecule has 0 aromatic heterocycles. The second kappa shape index (κ2) is 7.28. The first-order valence-corrected chi connectivity index (χ1v) is 7.82. The van der Waals surface area contributed by atoms with Crippen LogP contribution in [0.2, 0.25) is 0 Å². The van der Waals surface area contributed by atoms with Crippen molar-refractivity contribution in [3.8, 4) is 5.75 Å². The summed E-state index contributed by atoms with van der Waals surface area (Å²) >= 11 is 0. The molecule has 8 heteroatoms. The zero-order valence-electron chi connectivity index (χ0n) is 12.3. The van der Waals surface area contributed by atoms with Crippen molar-refractivity contribution in [3.05, 3.63) is 18.2 Å². The number of methoxy groups -OCH3 is 1. The molecule has 0 spiro atoms. The largest absolute Gasteiger partial charge is 0.495 e. The van der Waals surface area contributed by atoms with Crippen LogP contribution in [0.4, 0.5) is 5.69 Å². The molecule has 1 aromatic rings. The van der Waals surface area contributed by atoms with Crippen molar-refractivity contribution in [1.29, 1.82) is 0 Å². The van der Waals surface area contributed by atoms with E-state index in [-0.39, 0.29) is 30.2 Å². The molecule has 0 aliphatic carbocycles. The van der Waals surface area contributed by atoms with Gasteiger partial charge in [0.25, 0.3) is 0 Å². The van der Waals surface area contributed by atoms with Gasteiger partial charge in [0.15, 0.2) is 0 Å². The fourth-order valence-corrected chi connectivity index (χ4v) is 2.86. The summed E-state index contributed by atoms with van der Waals surface area (Å²) in [5, 5.41) is 0. The van der Waals surface area contributed by atoms with E-state index in [9.17, 15) is 13.2 Å². The van der Waals surface area contributed by atoms with Gasteiger partial charge in [-0.25, -0.2) is 12.7 Å². The highest BCUT2D eigenvalue weighted by Crippen LogP contribution is 2.25. The zero-order valence-corrected chi connectivity index (χ0v) is 13.1. The lowest BCUT2D eigenvalue weighted by molar-refractivity contribution is -0.143. The van der Waals surface area contributed by atoms with E-state index in [0.717, 1.165) is 4.31 Å². The van der Waals surface area contributed by atoms with Crippen molar-refractivity contribution >= 4 is 21.7 Å². The first kappa shape index (κ1) is 17.3. The van der Waals surface area contributed by atoms with Crippen LogP contribution in [0.15, 0.2) is 23.1 Å². The van der Waals surface area contributed by atoms with Gasteiger partial charge in [-0.15, -0.1) is 0 Å². The maximum atomic E-state index is 12.3. The molecule has 0 aliphatic heterocycles. The predicted molar refractivity (Wildman–Crippen MR) is 78.5 cm³/mol. The minimum absolute atomic E-state index is 0.00476. The summed E-state index contributed by atoms with van der Waals surface area (Å²) in [6, 6.07) is 4.22. The van der Waals surface area contributed by atoms with Gasteiger partial charge in [0, 0.05) is 13.6 Å². The van der Waals surface area contributed by atoms with E-state index < -0.39 is 16.0 Å². The molecule has 0 saturated carbocycles. The Balaban J connectivity index is 2.85. The number of sulfonamides is 1. The molecule has 0 aliphatic rings. The van der Waals surface area contributed by atoms with Crippen LogP contribution >= 0.6 is 0 Å². The molecule has 0 unspecified atom stereocenters. The number of carbonyl (C=O) groups is 1. The summed E-state index contributed by atoms with van der Waals surface area (Å²) in [7, 11) is -0.860. The number of benzene rings is 1. The van der Waals surface area contributed by atoms with Gasteiger partial charge in [0.2, 0.25) is 10.0 Å². The topological polar surface area (TPSA) is 98.9 Å². The summed E-state index contributed by atoms with van der Waals surface area (Å²) in [6.07, 6.45) is -0.00476. The van der Waals surface area contributed by atoms with Crippen molar-refractivity contribution in [2.75, 3.05) is 33.0 Å². The van der Waals surface area contributed by atoms with Gasteiger partial charge in [-0.1, -0.05) is 0 Å². The van der Waals surface area contributed by atoms with Crippen molar-refractivity contribution in [1.82, 2.24) is 4.31 Å². The molecule has 0 atom stereocenters. The Morgan fingerprint density at radius 2 is 2.05 bits per heavy atom. The van der Waals surface area contributed by atoms with E-state index in [1.54, 1.807) is 6.92 Å². The van der Waals surface area contributed by atoms with Crippen LogP contribution in [0, 0.1) is 0 Å². The van der Waals surface area contributed by atoms with Crippen LogP contribution in [0.25, 0.3) is 0 Å². The molecule has 1 rings (SSSR count). The average molecular weight is 316 g/mol. The number of anilines is 1. The molecule has 118 valence electrons. The van der Waals surface area contributed by atoms with Gasteiger partial charge >= 0.3 is 5.97 Å². The number of nitrogens with two attached hydrogens (primary N) is 1. The highest BCUT2D eigenvalue weighted by atomic mass is 32.2. The first-order chi connectivity index (χ1) is 9.82. The molecule has 2 N–H and O–H groups in total. The molecule has 0 bridgehead atoms. The normalized spacial score (nSPS) is 11.4. The Hall–Kier alpha value is -1.80. The van der Waals surface area contributed by atoms with Crippen LogP contribution in [0.1, 0.15) is 13.3 Å². The standard InChI is InChI=1S/C13H20N2O5S/c1-4-20-13(16)7-8-15(2)21(17,18)10-5-6-12(19-3)11(14)9-10/h5-6,9H,4,7-8,14H2,1-3H3. The summed E-state index contributed by atoms with van der Waals surface area (Å²) in [6.45, 7) is 2.00. The number of ether oxygens (including phenoxy) is 2. The number of esters is 1. The number of hydrogen-bond acceptors (Lipinski definition) is 6. The number of carbonyl (C=O) groups excluding carboxylic acids is 1. The molecular formula is C13H20N2O5S. The maximum Gasteiger partial charge on any atom is 0.307 e. The third kappa shape index (κ3) is 4.33. The van der Waals surface area contributed by atoms with Gasteiger partial charge in [-0.3, -0.25) is 4.79 Å². The molecule has 0 radical (unpaired) electrons. The number of hydrogen-bond donors (Lipinski definition) is 1. The SMILES string of the molecule is CCOC(=O)CCN(C)S(=O)(=O)c1ccc(OC)c(N)c1. The lowest BCUT2D eigenvalue weighted by Gasteiger charge is -2.17. The van der Waals surface area contributed by atoms with Crippen LogP contribution in [-0.2, 0) is 19.6 Å². The lowest BCUT2D eigenvalue weighted by Crippen LogP contribution is -2.29. The summed E-state index contributed by atoms with van der Waals surface area (Å²) in [5.41, 5.74) is 5.94. The van der Waals surface area contributed by atoms with E-state index in [0.29, 0.717) is 5.75 Å². The van der Waals surface area contributed by atoms with Crippen molar-refractivity contribution < 1.29 is 22.7 Å². The Morgan fingerprint density at radius 3 is 2.57 bits per heavy atom. The van der Waals surface area contributed by atoms with Gasteiger partial charge in [0.05, 0.1) is 30.7 Å². The third-order valence-corrected chi connectivity index (χ3v) is 4.70. The molecule has 0 heterocycles. The number of nitrogen functional groups attached to an aromatic ring is 1. The monoisotopic (exact) mass is 316 g/mol. The highest BCUT2D eigenvalue weighted by molar-refractivity contribution is 7.89. The highest BCUT2D eigenvalue weighted by Gasteiger charge is 2.22. The van der Waals surface area contributed by atoms with Crippen LogP contribution in [0.3, 0.4) is 0 Å². The Kier molecular flexibility index (Phi) is 5.98. The van der Waals surface area contributed by atoms with E-state index in [4.69, 9.17) is 15.2 Å². The molecule has 0 amide bonds. The van der Waals surface area contributed by atoms with Crippen molar-refractivity contribution in [2.24, 2.45) is 0 Å². The lowest BCUT2D eigenvalue weighted by atomic mass is 10.3. The second-order valence-electron chi connectivity index (χ2n) is 4.29. The second-order valence-corrected chi connectivity index (χ2v) is 6.33. The fraction of sp³-hybridized carbons (Fsp3) is 0.462. The molecule has 0 fully saturated rings.